The first-order valence-corrected chi connectivity index (χ1v) is 10.6. The van der Waals surface area contributed by atoms with Gasteiger partial charge in [-0.25, -0.2) is 14.6 Å². The molecule has 160 valence electrons. The summed E-state index contributed by atoms with van der Waals surface area (Å²) in [5.74, 6) is 2.61. The minimum absolute atomic E-state index is 0.269. The van der Waals surface area contributed by atoms with E-state index in [4.69, 9.17) is 14.7 Å². The van der Waals surface area contributed by atoms with Gasteiger partial charge in [0.1, 0.15) is 18.1 Å². The Morgan fingerprint density at radius 3 is 3.07 bits per heavy atom. The van der Waals surface area contributed by atoms with Gasteiger partial charge >= 0.3 is 0 Å². The molecule has 0 spiro atoms. The van der Waals surface area contributed by atoms with Crippen molar-refractivity contribution in [2.24, 2.45) is 4.99 Å². The third-order valence-corrected chi connectivity index (χ3v) is 5.23. The molecular weight excluding hydrogens is 380 g/mol. The van der Waals surface area contributed by atoms with Crippen LogP contribution in [-0.4, -0.2) is 56.3 Å². The maximum atomic E-state index is 5.15. The summed E-state index contributed by atoms with van der Waals surface area (Å²) in [7, 11) is 1.66. The zero-order valence-corrected chi connectivity index (χ0v) is 17.9. The van der Waals surface area contributed by atoms with Gasteiger partial charge in [0, 0.05) is 51.5 Å². The molecule has 1 aliphatic heterocycles. The second-order valence-corrected chi connectivity index (χ2v) is 7.60. The second kappa shape index (κ2) is 9.25. The normalized spacial score (nSPS) is 16.6. The third-order valence-electron chi connectivity index (χ3n) is 5.23. The number of aryl methyl sites for hydroxylation is 2. The number of nitrogens with zero attached hydrogens (tertiary/aromatic N) is 6. The van der Waals surface area contributed by atoms with Crippen molar-refractivity contribution in [3.63, 3.8) is 0 Å². The predicted octanol–water partition coefficient (Wildman–Crippen LogP) is 1.49. The van der Waals surface area contributed by atoms with E-state index in [1.807, 2.05) is 16.9 Å². The van der Waals surface area contributed by atoms with Crippen molar-refractivity contribution in [2.45, 2.75) is 52.3 Å². The molecule has 0 amide bonds. The molecule has 4 rings (SSSR count). The summed E-state index contributed by atoms with van der Waals surface area (Å²) in [6, 6.07) is 4.40. The van der Waals surface area contributed by atoms with Crippen LogP contribution in [0.1, 0.15) is 36.3 Å². The van der Waals surface area contributed by atoms with E-state index in [-0.39, 0.29) is 6.04 Å². The van der Waals surface area contributed by atoms with E-state index < -0.39 is 0 Å². The molecule has 0 bridgehead atoms. The molecule has 3 aromatic heterocycles. The number of imidazole rings is 1. The number of hydrogen-bond donors (Lipinski definition) is 2. The molecule has 1 atom stereocenters. The molecule has 0 fully saturated rings. The first-order chi connectivity index (χ1) is 14.7. The summed E-state index contributed by atoms with van der Waals surface area (Å²) in [6.45, 7) is 6.89. The van der Waals surface area contributed by atoms with Gasteiger partial charge < -0.3 is 19.8 Å². The molecule has 9 heteroatoms. The predicted molar refractivity (Wildman–Crippen MR) is 116 cm³/mol. The smallest absolute Gasteiger partial charge is 0.191 e. The van der Waals surface area contributed by atoms with Crippen LogP contribution in [0.2, 0.25) is 0 Å². The van der Waals surface area contributed by atoms with Crippen LogP contribution in [0.25, 0.3) is 5.65 Å². The molecule has 0 aromatic carbocycles. The number of pyridine rings is 1. The SMILES string of the molecule is CCNC(=NCCc1cn2cccc(C)c2n1)NC1CCc2nc(COC)nn2C1. The van der Waals surface area contributed by atoms with Gasteiger partial charge in [-0.2, -0.15) is 5.10 Å². The molecule has 3 aromatic rings. The summed E-state index contributed by atoms with van der Waals surface area (Å²) < 4.78 is 9.21. The Kier molecular flexibility index (Phi) is 6.27. The molecule has 4 heterocycles. The maximum Gasteiger partial charge on any atom is 0.191 e. The molecule has 0 saturated carbocycles. The van der Waals surface area contributed by atoms with Crippen LogP contribution < -0.4 is 10.6 Å². The third kappa shape index (κ3) is 4.62. The number of hydrogen-bond acceptors (Lipinski definition) is 5. The van der Waals surface area contributed by atoms with Crippen molar-refractivity contribution >= 4 is 11.6 Å². The lowest BCUT2D eigenvalue weighted by Crippen LogP contribution is -2.47. The Morgan fingerprint density at radius 2 is 2.27 bits per heavy atom. The Bertz CT molecular complexity index is 1020. The van der Waals surface area contributed by atoms with Gasteiger partial charge in [0.05, 0.1) is 12.2 Å². The van der Waals surface area contributed by atoms with Gasteiger partial charge in [0.15, 0.2) is 11.8 Å². The largest absolute Gasteiger partial charge is 0.377 e. The minimum Gasteiger partial charge on any atom is -0.377 e. The first-order valence-electron chi connectivity index (χ1n) is 10.6. The average molecular weight is 411 g/mol. The number of nitrogens with one attached hydrogen (secondary N) is 2. The van der Waals surface area contributed by atoms with Crippen LogP contribution in [-0.2, 0) is 30.7 Å². The lowest BCUT2D eigenvalue weighted by Gasteiger charge is -2.25. The fourth-order valence-electron chi connectivity index (χ4n) is 3.79. The number of rotatable bonds is 7. The van der Waals surface area contributed by atoms with Crippen LogP contribution in [0.15, 0.2) is 29.5 Å². The van der Waals surface area contributed by atoms with Gasteiger partial charge in [0.25, 0.3) is 0 Å². The van der Waals surface area contributed by atoms with E-state index >= 15 is 0 Å². The van der Waals surface area contributed by atoms with Gasteiger partial charge in [-0.05, 0) is 31.9 Å². The lowest BCUT2D eigenvalue weighted by molar-refractivity contribution is 0.177. The van der Waals surface area contributed by atoms with Gasteiger partial charge in [-0.15, -0.1) is 0 Å². The molecule has 0 radical (unpaired) electrons. The van der Waals surface area contributed by atoms with Crippen molar-refractivity contribution in [3.05, 3.63) is 47.4 Å². The van der Waals surface area contributed by atoms with Crippen LogP contribution >= 0.6 is 0 Å². The van der Waals surface area contributed by atoms with Crippen molar-refractivity contribution in [3.8, 4) is 0 Å². The summed E-state index contributed by atoms with van der Waals surface area (Å²) in [4.78, 5) is 14.0. The topological polar surface area (TPSA) is 93.7 Å². The average Bonchev–Trinajstić information content (AvgIpc) is 3.32. The summed E-state index contributed by atoms with van der Waals surface area (Å²) in [5.41, 5.74) is 3.25. The van der Waals surface area contributed by atoms with Crippen LogP contribution in [0.5, 0.6) is 0 Å². The monoisotopic (exact) mass is 410 g/mol. The summed E-state index contributed by atoms with van der Waals surface area (Å²) >= 11 is 0. The zero-order valence-electron chi connectivity index (χ0n) is 17.9. The molecule has 1 aliphatic rings. The number of methoxy groups -OCH3 is 1. The highest BCUT2D eigenvalue weighted by Crippen LogP contribution is 2.14. The van der Waals surface area contributed by atoms with Gasteiger partial charge in [-0.1, -0.05) is 6.07 Å². The Hall–Kier alpha value is -2.94. The Labute approximate surface area is 176 Å². The van der Waals surface area contributed by atoms with Gasteiger partial charge in [0.2, 0.25) is 0 Å². The van der Waals surface area contributed by atoms with Gasteiger partial charge in [-0.3, -0.25) is 4.99 Å². The maximum absolute atomic E-state index is 5.15. The van der Waals surface area contributed by atoms with Crippen LogP contribution in [0, 0.1) is 6.92 Å². The molecular formula is C21H30N8O. The van der Waals surface area contributed by atoms with E-state index in [1.54, 1.807) is 7.11 Å². The fourth-order valence-corrected chi connectivity index (χ4v) is 3.79. The van der Waals surface area contributed by atoms with E-state index in [1.165, 1.54) is 5.56 Å². The molecule has 2 N–H and O–H groups in total. The van der Waals surface area contributed by atoms with Crippen LogP contribution in [0.4, 0.5) is 0 Å². The van der Waals surface area contributed by atoms with E-state index in [2.05, 4.69) is 51.2 Å². The van der Waals surface area contributed by atoms with Crippen molar-refractivity contribution in [2.75, 3.05) is 20.2 Å². The number of ether oxygens (including phenoxy) is 1. The molecule has 0 saturated heterocycles. The highest BCUT2D eigenvalue weighted by atomic mass is 16.5. The van der Waals surface area contributed by atoms with Crippen molar-refractivity contribution < 1.29 is 4.74 Å². The molecule has 0 aliphatic carbocycles. The molecule has 1 unspecified atom stereocenters. The van der Waals surface area contributed by atoms with E-state index in [0.717, 1.165) is 61.3 Å². The van der Waals surface area contributed by atoms with E-state index in [0.29, 0.717) is 13.2 Å². The fraction of sp³-hybridized carbons (Fsp3) is 0.524. The Morgan fingerprint density at radius 1 is 1.37 bits per heavy atom. The number of aliphatic imine (C=N–C) groups is 1. The quantitative estimate of drug-likeness (QED) is 0.453. The minimum atomic E-state index is 0.269. The first kappa shape index (κ1) is 20.3. The molecule has 30 heavy (non-hydrogen) atoms. The number of fused-ring (bicyclic) bond motifs is 2. The molecule has 9 nitrogen and oxygen atoms in total. The number of aromatic nitrogens is 5. The zero-order chi connectivity index (χ0) is 20.9. The summed E-state index contributed by atoms with van der Waals surface area (Å²) in [6.07, 6.45) is 6.82. The highest BCUT2D eigenvalue weighted by Gasteiger charge is 2.22. The standard InChI is InChI=1S/C21H30N8O/c1-4-22-21(23-10-9-17-12-28-11-5-6-15(2)20(28)24-17)25-16-7-8-19-26-18(14-30-3)27-29(19)13-16/h5-6,11-12,16H,4,7-10,13-14H2,1-3H3,(H2,22,23,25). The summed E-state index contributed by atoms with van der Waals surface area (Å²) in [5, 5.41) is 11.4. The number of guanidine groups is 1. The Balaban J connectivity index is 1.37. The van der Waals surface area contributed by atoms with Crippen molar-refractivity contribution in [1.29, 1.82) is 0 Å². The lowest BCUT2D eigenvalue weighted by atomic mass is 10.1. The second-order valence-electron chi connectivity index (χ2n) is 7.60. The van der Waals surface area contributed by atoms with E-state index in [9.17, 15) is 0 Å². The van der Waals surface area contributed by atoms with Crippen molar-refractivity contribution in [1.82, 2.24) is 34.8 Å². The van der Waals surface area contributed by atoms with Crippen LogP contribution in [0.3, 0.4) is 0 Å². The highest BCUT2D eigenvalue weighted by molar-refractivity contribution is 5.80.